The maximum Gasteiger partial charge on any atom is 0.0218 e. The molecule has 0 heterocycles. The van der Waals surface area contributed by atoms with Crippen LogP contribution in [0.1, 0.15) is 90.9 Å². The van der Waals surface area contributed by atoms with Crippen molar-refractivity contribution in [3.05, 3.63) is 12.2 Å². The highest BCUT2D eigenvalue weighted by atomic mass is 15.2. The quantitative estimate of drug-likeness (QED) is 0.563. The number of hydrogen-bond acceptors (Lipinski definition) is 1. The first-order valence-electron chi connectivity index (χ1n) is 9.15. The fourth-order valence-electron chi connectivity index (χ4n) is 4.66. The molecule has 0 spiro atoms. The van der Waals surface area contributed by atoms with Crippen LogP contribution in [0.25, 0.3) is 0 Å². The third kappa shape index (κ3) is 3.67. The Hall–Kier alpha value is -0.300. The monoisotopic (exact) mass is 277 g/mol. The summed E-state index contributed by atoms with van der Waals surface area (Å²) in [6, 6.07) is 0.876. The number of allylic oxidation sites excluding steroid dienone is 1. The van der Waals surface area contributed by atoms with Gasteiger partial charge in [-0.2, -0.15) is 0 Å². The van der Waals surface area contributed by atoms with Gasteiger partial charge >= 0.3 is 0 Å². The Labute approximate surface area is 126 Å². The molecule has 0 aromatic heterocycles. The fourth-order valence-corrected chi connectivity index (χ4v) is 4.66. The minimum absolute atomic E-state index is 0.508. The highest BCUT2D eigenvalue weighted by molar-refractivity contribution is 5.07. The van der Waals surface area contributed by atoms with Crippen molar-refractivity contribution in [3.8, 4) is 0 Å². The average Bonchev–Trinajstić information content (AvgIpc) is 2.49. The van der Waals surface area contributed by atoms with Gasteiger partial charge < -0.3 is 0 Å². The second-order valence-corrected chi connectivity index (χ2v) is 7.21. The molecule has 2 fully saturated rings. The molecule has 0 aliphatic heterocycles. The molecule has 2 rings (SSSR count). The van der Waals surface area contributed by atoms with Crippen LogP contribution < -0.4 is 0 Å². The van der Waals surface area contributed by atoms with Gasteiger partial charge in [0.25, 0.3) is 0 Å². The van der Waals surface area contributed by atoms with Gasteiger partial charge in [-0.1, -0.05) is 51.7 Å². The Morgan fingerprint density at radius 3 is 2.25 bits per heavy atom. The molecule has 0 aromatic rings. The van der Waals surface area contributed by atoms with Gasteiger partial charge in [-0.15, -0.1) is 0 Å². The van der Waals surface area contributed by atoms with Crippen LogP contribution in [0.3, 0.4) is 0 Å². The number of rotatable bonds is 6. The second-order valence-electron chi connectivity index (χ2n) is 7.21. The lowest BCUT2D eigenvalue weighted by Gasteiger charge is -2.51. The molecule has 20 heavy (non-hydrogen) atoms. The highest BCUT2D eigenvalue weighted by Crippen LogP contribution is 2.42. The van der Waals surface area contributed by atoms with Crippen molar-refractivity contribution in [2.45, 2.75) is 102 Å². The summed E-state index contributed by atoms with van der Waals surface area (Å²) >= 11 is 0. The first kappa shape index (κ1) is 16.1. The summed E-state index contributed by atoms with van der Waals surface area (Å²) in [5.74, 6) is 0. The topological polar surface area (TPSA) is 3.24 Å². The van der Waals surface area contributed by atoms with Crippen molar-refractivity contribution in [1.29, 1.82) is 0 Å². The molecule has 2 aliphatic rings. The Balaban J connectivity index is 2.14. The lowest BCUT2D eigenvalue weighted by atomic mass is 9.74. The van der Waals surface area contributed by atoms with Gasteiger partial charge in [0.1, 0.15) is 0 Å². The third-order valence-electron chi connectivity index (χ3n) is 5.69. The maximum absolute atomic E-state index is 4.24. The van der Waals surface area contributed by atoms with Gasteiger partial charge in [-0.3, -0.25) is 4.90 Å². The lowest BCUT2D eigenvalue weighted by Crippen LogP contribution is -2.55. The van der Waals surface area contributed by atoms with E-state index in [1.165, 1.54) is 89.2 Å². The zero-order chi connectivity index (χ0) is 14.4. The summed E-state index contributed by atoms with van der Waals surface area (Å²) in [6.45, 7) is 10.3. The molecule has 0 N–H and O–H groups in total. The standard InChI is InChI=1S/C19H35N/c1-4-13-19(14-11-17(3)12-15-19)20(16-5-2)18-9-7-6-8-10-18/h18H,3-16H2,1-2H3. The molecule has 1 nitrogen and oxygen atoms in total. The molecule has 2 aliphatic carbocycles. The predicted octanol–water partition coefficient (Wildman–Crippen LogP) is 5.70. The third-order valence-corrected chi connectivity index (χ3v) is 5.69. The zero-order valence-corrected chi connectivity index (χ0v) is 13.9. The van der Waals surface area contributed by atoms with Crippen LogP contribution in [-0.2, 0) is 0 Å². The van der Waals surface area contributed by atoms with E-state index < -0.39 is 0 Å². The molecule has 0 bridgehead atoms. The van der Waals surface area contributed by atoms with Crippen LogP contribution >= 0.6 is 0 Å². The van der Waals surface area contributed by atoms with E-state index in [4.69, 9.17) is 0 Å². The summed E-state index contributed by atoms with van der Waals surface area (Å²) in [6.07, 6.45) is 16.6. The Bertz CT molecular complexity index is 291. The van der Waals surface area contributed by atoms with Gasteiger partial charge in [-0.05, 0) is 57.9 Å². The molecule has 0 atom stereocenters. The molecule has 116 valence electrons. The molecular weight excluding hydrogens is 242 g/mol. The van der Waals surface area contributed by atoms with Crippen LogP contribution in [0.2, 0.25) is 0 Å². The SMILES string of the molecule is C=C1CCC(CCC)(N(CCC)C2CCCCC2)CC1. The molecule has 0 unspecified atom stereocenters. The van der Waals surface area contributed by atoms with E-state index in [0.717, 1.165) is 6.04 Å². The Kier molecular flexibility index (Phi) is 6.14. The van der Waals surface area contributed by atoms with Crippen molar-refractivity contribution >= 4 is 0 Å². The normalized spacial score (nSPS) is 24.2. The van der Waals surface area contributed by atoms with Crippen molar-refractivity contribution in [3.63, 3.8) is 0 Å². The van der Waals surface area contributed by atoms with Crippen LogP contribution in [0.15, 0.2) is 12.2 Å². The number of hydrogen-bond donors (Lipinski definition) is 0. The Morgan fingerprint density at radius 2 is 1.70 bits per heavy atom. The zero-order valence-electron chi connectivity index (χ0n) is 13.9. The van der Waals surface area contributed by atoms with Crippen LogP contribution in [0.5, 0.6) is 0 Å². The van der Waals surface area contributed by atoms with E-state index in [1.807, 2.05) is 0 Å². The van der Waals surface area contributed by atoms with Crippen LogP contribution in [0, 0.1) is 0 Å². The van der Waals surface area contributed by atoms with E-state index in [1.54, 1.807) is 0 Å². The van der Waals surface area contributed by atoms with Crippen molar-refractivity contribution in [1.82, 2.24) is 4.90 Å². The highest BCUT2D eigenvalue weighted by Gasteiger charge is 2.40. The maximum atomic E-state index is 4.24. The second kappa shape index (κ2) is 7.64. The van der Waals surface area contributed by atoms with E-state index >= 15 is 0 Å². The summed E-state index contributed by atoms with van der Waals surface area (Å²) in [5.41, 5.74) is 2.00. The molecule has 0 aromatic carbocycles. The van der Waals surface area contributed by atoms with Gasteiger partial charge in [-0.25, -0.2) is 0 Å². The molecule has 0 amide bonds. The predicted molar refractivity (Wildman–Crippen MR) is 89.1 cm³/mol. The largest absolute Gasteiger partial charge is 0.295 e. The summed E-state index contributed by atoms with van der Waals surface area (Å²) < 4.78 is 0. The van der Waals surface area contributed by atoms with E-state index in [2.05, 4.69) is 25.3 Å². The minimum Gasteiger partial charge on any atom is -0.295 e. The first-order valence-corrected chi connectivity index (χ1v) is 9.15. The summed E-state index contributed by atoms with van der Waals surface area (Å²) in [7, 11) is 0. The van der Waals surface area contributed by atoms with Crippen LogP contribution in [0.4, 0.5) is 0 Å². The van der Waals surface area contributed by atoms with Gasteiger partial charge in [0.15, 0.2) is 0 Å². The van der Waals surface area contributed by atoms with Gasteiger partial charge in [0.2, 0.25) is 0 Å². The average molecular weight is 277 g/mol. The van der Waals surface area contributed by atoms with Crippen molar-refractivity contribution in [2.75, 3.05) is 6.54 Å². The molecular formula is C19H35N. The summed E-state index contributed by atoms with van der Waals surface area (Å²) in [5, 5.41) is 0. The Morgan fingerprint density at radius 1 is 1.05 bits per heavy atom. The molecule has 1 heteroatoms. The lowest BCUT2D eigenvalue weighted by molar-refractivity contribution is -0.000901. The van der Waals surface area contributed by atoms with Crippen LogP contribution in [-0.4, -0.2) is 23.0 Å². The van der Waals surface area contributed by atoms with Crippen molar-refractivity contribution < 1.29 is 0 Å². The first-order chi connectivity index (χ1) is 9.72. The van der Waals surface area contributed by atoms with Gasteiger partial charge in [0, 0.05) is 11.6 Å². The molecule has 0 saturated heterocycles. The van der Waals surface area contributed by atoms with E-state index in [9.17, 15) is 0 Å². The fraction of sp³-hybridized carbons (Fsp3) is 0.895. The van der Waals surface area contributed by atoms with E-state index in [0.29, 0.717) is 5.54 Å². The minimum atomic E-state index is 0.508. The smallest absolute Gasteiger partial charge is 0.0218 e. The molecule has 2 saturated carbocycles. The van der Waals surface area contributed by atoms with E-state index in [-0.39, 0.29) is 0 Å². The van der Waals surface area contributed by atoms with Crippen molar-refractivity contribution in [2.24, 2.45) is 0 Å². The van der Waals surface area contributed by atoms with Gasteiger partial charge in [0.05, 0.1) is 0 Å². The summed E-state index contributed by atoms with van der Waals surface area (Å²) in [4.78, 5) is 2.97. The number of nitrogens with zero attached hydrogens (tertiary/aromatic N) is 1. The molecule has 0 radical (unpaired) electrons.